The van der Waals surface area contributed by atoms with Gasteiger partial charge in [-0.2, -0.15) is 0 Å². The molecular weight excluding hydrogens is 474 g/mol. The van der Waals surface area contributed by atoms with Crippen LogP contribution in [0.15, 0.2) is 95.3 Å². The van der Waals surface area contributed by atoms with Gasteiger partial charge in [0, 0.05) is 34.5 Å². The van der Waals surface area contributed by atoms with Crippen LogP contribution in [-0.4, -0.2) is 18.8 Å². The fourth-order valence-corrected chi connectivity index (χ4v) is 5.31. The Morgan fingerprint density at radius 2 is 1.62 bits per heavy atom. The van der Waals surface area contributed by atoms with Gasteiger partial charge in [-0.15, -0.1) is 0 Å². The summed E-state index contributed by atoms with van der Waals surface area (Å²) in [5.41, 5.74) is 3.09. The number of carbonyl (C=O) groups is 2. The Morgan fingerprint density at radius 3 is 2.32 bits per heavy atom. The second-order valence-electron chi connectivity index (χ2n) is 9.22. The van der Waals surface area contributed by atoms with Gasteiger partial charge in [-0.25, -0.2) is 8.78 Å². The molecule has 2 atom stereocenters. The summed E-state index contributed by atoms with van der Waals surface area (Å²) in [6, 6.07) is 20.4. The van der Waals surface area contributed by atoms with Crippen molar-refractivity contribution in [3.63, 3.8) is 0 Å². The molecule has 5 nitrogen and oxygen atoms in total. The lowest BCUT2D eigenvalue weighted by Gasteiger charge is -2.37. The normalized spacial score (nSPS) is 19.3. The summed E-state index contributed by atoms with van der Waals surface area (Å²) in [4.78, 5) is 27.3. The van der Waals surface area contributed by atoms with Crippen LogP contribution < -0.4 is 15.4 Å². The smallest absolute Gasteiger partial charge is 0.254 e. The van der Waals surface area contributed by atoms with E-state index in [1.165, 1.54) is 13.2 Å². The van der Waals surface area contributed by atoms with Crippen LogP contribution >= 0.6 is 0 Å². The van der Waals surface area contributed by atoms with Gasteiger partial charge in [-0.1, -0.05) is 54.6 Å². The number of para-hydroxylation sites is 2. The molecule has 1 amide bonds. The Bertz CT molecular complexity index is 1430. The molecule has 0 fully saturated rings. The summed E-state index contributed by atoms with van der Waals surface area (Å²) < 4.78 is 34.4. The SMILES string of the molecule is COc1ccccc1[C@@H]1C(C(=O)Nc2c(F)cccc2F)=C(C)NC2=C1C(=O)C[C@H](c1ccccc1)C2. The molecule has 7 heteroatoms. The number of rotatable bonds is 5. The number of amides is 1. The van der Waals surface area contributed by atoms with Crippen molar-refractivity contribution in [3.8, 4) is 5.75 Å². The van der Waals surface area contributed by atoms with Crippen molar-refractivity contribution in [1.82, 2.24) is 5.32 Å². The zero-order valence-corrected chi connectivity index (χ0v) is 20.5. The number of allylic oxidation sites excluding steroid dienone is 3. The second kappa shape index (κ2) is 10.0. The van der Waals surface area contributed by atoms with Crippen molar-refractivity contribution in [2.24, 2.45) is 0 Å². The third kappa shape index (κ3) is 4.53. The van der Waals surface area contributed by atoms with Crippen molar-refractivity contribution in [3.05, 3.63) is 118 Å². The van der Waals surface area contributed by atoms with Crippen molar-refractivity contribution in [2.45, 2.75) is 31.6 Å². The largest absolute Gasteiger partial charge is 0.496 e. The van der Waals surface area contributed by atoms with Gasteiger partial charge in [0.25, 0.3) is 5.91 Å². The van der Waals surface area contributed by atoms with Gasteiger partial charge in [0.1, 0.15) is 23.1 Å². The number of dihydropyridines is 1. The van der Waals surface area contributed by atoms with E-state index < -0.39 is 29.1 Å². The minimum atomic E-state index is -0.886. The van der Waals surface area contributed by atoms with Crippen LogP contribution in [0.4, 0.5) is 14.5 Å². The molecule has 0 unspecified atom stereocenters. The Labute approximate surface area is 213 Å². The first-order valence-electron chi connectivity index (χ1n) is 12.1. The van der Waals surface area contributed by atoms with Crippen LogP contribution in [0.1, 0.15) is 42.7 Å². The van der Waals surface area contributed by atoms with Crippen LogP contribution in [0, 0.1) is 11.6 Å². The van der Waals surface area contributed by atoms with Gasteiger partial charge >= 0.3 is 0 Å². The van der Waals surface area contributed by atoms with Crippen LogP contribution in [0.25, 0.3) is 0 Å². The van der Waals surface area contributed by atoms with E-state index in [9.17, 15) is 18.4 Å². The molecule has 2 aliphatic rings. The number of nitrogens with one attached hydrogen (secondary N) is 2. The summed E-state index contributed by atoms with van der Waals surface area (Å²) in [5, 5.41) is 5.68. The molecule has 1 aliphatic heterocycles. The number of Topliss-reactive ketones (excluding diaryl/α,β-unsaturated/α-hetero) is 1. The van der Waals surface area contributed by atoms with E-state index >= 15 is 0 Å². The van der Waals surface area contributed by atoms with E-state index in [-0.39, 0.29) is 23.7 Å². The Morgan fingerprint density at radius 1 is 0.946 bits per heavy atom. The van der Waals surface area contributed by atoms with Crippen molar-refractivity contribution in [1.29, 1.82) is 0 Å². The molecule has 3 aromatic rings. The first-order valence-corrected chi connectivity index (χ1v) is 12.1. The van der Waals surface area contributed by atoms with Gasteiger partial charge < -0.3 is 15.4 Å². The summed E-state index contributed by atoms with van der Waals surface area (Å²) in [5.74, 6) is -2.83. The average Bonchev–Trinajstić information content (AvgIpc) is 2.90. The predicted molar refractivity (Wildman–Crippen MR) is 137 cm³/mol. The highest BCUT2D eigenvalue weighted by Gasteiger charge is 2.42. The number of hydrogen-bond acceptors (Lipinski definition) is 4. The van der Waals surface area contributed by atoms with E-state index in [1.54, 1.807) is 25.1 Å². The molecule has 0 aromatic heterocycles. The summed E-state index contributed by atoms with van der Waals surface area (Å²) in [6.45, 7) is 1.73. The van der Waals surface area contributed by atoms with Crippen LogP contribution in [-0.2, 0) is 9.59 Å². The molecule has 1 aliphatic carbocycles. The number of benzene rings is 3. The molecular formula is C30H26F2N2O3. The molecule has 0 spiro atoms. The molecule has 2 N–H and O–H groups in total. The van der Waals surface area contributed by atoms with Crippen LogP contribution in [0.2, 0.25) is 0 Å². The molecule has 5 rings (SSSR count). The zero-order valence-electron chi connectivity index (χ0n) is 20.5. The van der Waals surface area contributed by atoms with Crippen LogP contribution in [0.3, 0.4) is 0 Å². The van der Waals surface area contributed by atoms with Crippen LogP contribution in [0.5, 0.6) is 5.75 Å². The monoisotopic (exact) mass is 500 g/mol. The third-order valence-electron chi connectivity index (χ3n) is 6.99. The molecule has 0 radical (unpaired) electrons. The zero-order chi connectivity index (χ0) is 26.1. The summed E-state index contributed by atoms with van der Waals surface area (Å²) in [7, 11) is 1.52. The van der Waals surface area contributed by atoms with Gasteiger partial charge in [-0.3, -0.25) is 9.59 Å². The number of halogens is 2. The van der Waals surface area contributed by atoms with E-state index in [1.807, 2.05) is 36.4 Å². The van der Waals surface area contributed by atoms with E-state index in [0.717, 1.165) is 23.4 Å². The maximum Gasteiger partial charge on any atom is 0.254 e. The molecule has 0 saturated carbocycles. The molecule has 0 saturated heterocycles. The first kappa shape index (κ1) is 24.4. The van der Waals surface area contributed by atoms with Gasteiger partial charge in [0.2, 0.25) is 0 Å². The highest BCUT2D eigenvalue weighted by atomic mass is 19.1. The topological polar surface area (TPSA) is 67.4 Å². The van der Waals surface area contributed by atoms with Gasteiger partial charge in [-0.05, 0) is 43.0 Å². The van der Waals surface area contributed by atoms with Gasteiger partial charge in [0.15, 0.2) is 5.78 Å². The minimum absolute atomic E-state index is 0.00560. The highest BCUT2D eigenvalue weighted by Crippen LogP contribution is 2.47. The molecule has 188 valence electrons. The van der Waals surface area contributed by atoms with E-state index in [4.69, 9.17) is 4.74 Å². The maximum absolute atomic E-state index is 14.4. The fraction of sp³-hybridized carbons (Fsp3) is 0.200. The standard InChI is InChI=1S/C30H26F2N2O3/c1-17-26(30(36)34-29-21(31)12-8-13-22(29)32)27(20-11-6-7-14-25(20)37-2)28-23(33-17)15-19(16-24(28)35)18-9-4-3-5-10-18/h3-14,19,27,33H,15-16H2,1-2H3,(H,34,36)/t19-,27-/m1/s1. The van der Waals surface area contributed by atoms with Crippen molar-refractivity contribution < 1.29 is 23.1 Å². The highest BCUT2D eigenvalue weighted by molar-refractivity contribution is 6.10. The lowest BCUT2D eigenvalue weighted by molar-refractivity contribution is -0.116. The Kier molecular flexibility index (Phi) is 6.61. The first-order chi connectivity index (χ1) is 17.9. The number of hydrogen-bond donors (Lipinski definition) is 2. The molecule has 0 bridgehead atoms. The lowest BCUT2D eigenvalue weighted by atomic mass is 9.71. The average molecular weight is 501 g/mol. The molecule has 1 heterocycles. The van der Waals surface area contributed by atoms with Crippen molar-refractivity contribution in [2.75, 3.05) is 12.4 Å². The number of ether oxygens (including phenoxy) is 1. The van der Waals surface area contributed by atoms with E-state index in [2.05, 4.69) is 10.6 Å². The van der Waals surface area contributed by atoms with E-state index in [0.29, 0.717) is 29.0 Å². The number of carbonyl (C=O) groups excluding carboxylic acids is 2. The third-order valence-corrected chi connectivity index (χ3v) is 6.99. The number of anilines is 1. The minimum Gasteiger partial charge on any atom is -0.496 e. The molecule has 37 heavy (non-hydrogen) atoms. The van der Waals surface area contributed by atoms with Gasteiger partial charge in [0.05, 0.1) is 13.0 Å². The summed E-state index contributed by atoms with van der Waals surface area (Å²) >= 11 is 0. The number of methoxy groups -OCH3 is 1. The second-order valence-corrected chi connectivity index (χ2v) is 9.22. The fourth-order valence-electron chi connectivity index (χ4n) is 5.31. The Hall–Kier alpha value is -4.26. The molecule has 3 aromatic carbocycles. The Balaban J connectivity index is 1.61. The lowest BCUT2D eigenvalue weighted by Crippen LogP contribution is -2.37. The quantitative estimate of drug-likeness (QED) is 0.453. The maximum atomic E-state index is 14.4. The number of ketones is 1. The predicted octanol–water partition coefficient (Wildman–Crippen LogP) is 5.97. The van der Waals surface area contributed by atoms with Crippen molar-refractivity contribution >= 4 is 17.4 Å². The summed E-state index contributed by atoms with van der Waals surface area (Å²) in [6.07, 6.45) is 0.872.